The predicted molar refractivity (Wildman–Crippen MR) is 42.6 cm³/mol. The van der Waals surface area contributed by atoms with Crippen LogP contribution in [0.2, 0.25) is 0 Å². The fourth-order valence-electron chi connectivity index (χ4n) is 0.319. The van der Waals surface area contributed by atoms with E-state index in [0.717, 1.165) is 0 Å². The second kappa shape index (κ2) is 9.58. The van der Waals surface area contributed by atoms with Gasteiger partial charge >= 0.3 is 7.82 Å². The van der Waals surface area contributed by atoms with Crippen LogP contribution in [0.5, 0.6) is 0 Å². The number of hydrogen-bond donors (Lipinski definition) is 4. The minimum absolute atomic E-state index is 0. The summed E-state index contributed by atoms with van der Waals surface area (Å²) >= 11 is 0. The maximum absolute atomic E-state index is 10.0. The Morgan fingerprint density at radius 2 is 1.50 bits per heavy atom. The number of aliphatic hydroxyl groups is 2. The van der Waals surface area contributed by atoms with E-state index in [-0.39, 0.29) is 59.1 Å². The Morgan fingerprint density at radius 1 is 1.17 bits per heavy atom. The Bertz CT molecular complexity index is 133. The molecule has 0 aromatic heterocycles. The fraction of sp³-hybridized carbons (Fsp3) is 1.00. The zero-order chi connectivity index (χ0) is 8.20. The van der Waals surface area contributed by atoms with Gasteiger partial charge in [0.25, 0.3) is 0 Å². The summed E-state index contributed by atoms with van der Waals surface area (Å²) in [7, 11) is -4.57. The first-order valence-corrected chi connectivity index (χ1v) is 3.98. The van der Waals surface area contributed by atoms with Crippen LogP contribution < -0.4 is 0 Å². The minimum Gasteiger partial charge on any atom is -0.394 e. The molecular formula is C3H9Na2O6P. The third-order valence-electron chi connectivity index (χ3n) is 0.694. The van der Waals surface area contributed by atoms with E-state index in [9.17, 15) is 4.57 Å². The summed E-state index contributed by atoms with van der Waals surface area (Å²) in [4.78, 5) is 16.2. The molecule has 4 N–H and O–H groups in total. The molecule has 2 radical (unpaired) electrons. The molecule has 0 atom stereocenters. The molecule has 9 heteroatoms. The van der Waals surface area contributed by atoms with Crippen molar-refractivity contribution in [3.8, 4) is 0 Å². The molecule has 0 aliphatic rings. The van der Waals surface area contributed by atoms with Gasteiger partial charge in [0.1, 0.15) is 6.10 Å². The average molecular weight is 218 g/mol. The molecule has 0 amide bonds. The van der Waals surface area contributed by atoms with Crippen molar-refractivity contribution in [2.24, 2.45) is 0 Å². The Morgan fingerprint density at radius 3 is 1.58 bits per heavy atom. The molecule has 0 aromatic rings. The number of hydrogen-bond acceptors (Lipinski definition) is 4. The predicted octanol–water partition coefficient (Wildman–Crippen LogP) is -2.31. The van der Waals surface area contributed by atoms with Crippen LogP contribution in [-0.4, -0.2) is 98.4 Å². The summed E-state index contributed by atoms with van der Waals surface area (Å²) in [5, 5.41) is 16.5. The van der Waals surface area contributed by atoms with Crippen molar-refractivity contribution in [2.75, 3.05) is 13.2 Å². The van der Waals surface area contributed by atoms with Gasteiger partial charge in [0.05, 0.1) is 13.2 Å². The summed E-state index contributed by atoms with van der Waals surface area (Å²) in [5.41, 5.74) is 0. The van der Waals surface area contributed by atoms with Crippen molar-refractivity contribution in [2.45, 2.75) is 6.10 Å². The minimum atomic E-state index is -4.57. The van der Waals surface area contributed by atoms with E-state index in [0.29, 0.717) is 0 Å². The Kier molecular flexibility index (Phi) is 15.6. The molecule has 0 saturated heterocycles. The van der Waals surface area contributed by atoms with Crippen LogP contribution in [0.15, 0.2) is 0 Å². The zero-order valence-corrected chi connectivity index (χ0v) is 11.9. The van der Waals surface area contributed by atoms with Gasteiger partial charge in [0, 0.05) is 59.1 Å². The van der Waals surface area contributed by atoms with Gasteiger partial charge in [-0.05, 0) is 0 Å². The molecule has 0 fully saturated rings. The van der Waals surface area contributed by atoms with Crippen LogP contribution in [0.1, 0.15) is 0 Å². The number of phosphoric acid groups is 1. The molecular weight excluding hydrogens is 209 g/mol. The normalized spacial score (nSPS) is 10.4. The third kappa shape index (κ3) is 12.0. The standard InChI is InChI=1S/C3H9O6P.2Na/c4-1-3(2-5)9-10(6,7)8;;/h3-5H,1-2H2,(H2,6,7,8);;. The monoisotopic (exact) mass is 218 g/mol. The first-order valence-electron chi connectivity index (χ1n) is 2.45. The summed E-state index contributed by atoms with van der Waals surface area (Å²) in [6, 6.07) is 0. The van der Waals surface area contributed by atoms with Gasteiger partial charge < -0.3 is 20.0 Å². The topological polar surface area (TPSA) is 107 Å². The maximum Gasteiger partial charge on any atom is 0.470 e. The van der Waals surface area contributed by atoms with E-state index in [4.69, 9.17) is 20.0 Å². The zero-order valence-electron chi connectivity index (χ0n) is 7.04. The summed E-state index contributed by atoms with van der Waals surface area (Å²) < 4.78 is 13.9. The van der Waals surface area contributed by atoms with Gasteiger partial charge in [-0.1, -0.05) is 0 Å². The van der Waals surface area contributed by atoms with Crippen molar-refractivity contribution in [3.63, 3.8) is 0 Å². The number of rotatable bonds is 4. The van der Waals surface area contributed by atoms with E-state index in [1.54, 1.807) is 0 Å². The molecule has 0 heterocycles. The van der Waals surface area contributed by atoms with Crippen molar-refractivity contribution in [1.29, 1.82) is 0 Å². The van der Waals surface area contributed by atoms with Crippen molar-refractivity contribution < 1.29 is 29.1 Å². The van der Waals surface area contributed by atoms with E-state index in [2.05, 4.69) is 4.52 Å². The fourth-order valence-corrected chi connectivity index (χ4v) is 0.840. The summed E-state index contributed by atoms with van der Waals surface area (Å²) in [6.45, 7) is -1.25. The number of phosphoric ester groups is 1. The molecule has 12 heavy (non-hydrogen) atoms. The van der Waals surface area contributed by atoms with Gasteiger partial charge in [-0.15, -0.1) is 0 Å². The van der Waals surface area contributed by atoms with Crippen LogP contribution in [0.3, 0.4) is 0 Å². The van der Waals surface area contributed by atoms with Gasteiger partial charge in [0.2, 0.25) is 0 Å². The van der Waals surface area contributed by atoms with Crippen LogP contribution in [0.4, 0.5) is 0 Å². The maximum atomic E-state index is 10.0. The first kappa shape index (κ1) is 19.6. The smallest absolute Gasteiger partial charge is 0.394 e. The van der Waals surface area contributed by atoms with Crippen molar-refractivity contribution in [1.82, 2.24) is 0 Å². The quantitative estimate of drug-likeness (QED) is 0.312. The summed E-state index contributed by atoms with van der Waals surface area (Å²) in [6.07, 6.45) is -1.21. The first-order chi connectivity index (χ1) is 4.49. The number of aliphatic hydroxyl groups excluding tert-OH is 2. The molecule has 6 nitrogen and oxygen atoms in total. The van der Waals surface area contributed by atoms with Crippen molar-refractivity contribution in [3.05, 3.63) is 0 Å². The molecule has 0 spiro atoms. The average Bonchev–Trinajstić information content (AvgIpc) is 1.81. The van der Waals surface area contributed by atoms with E-state index >= 15 is 0 Å². The molecule has 0 aliphatic heterocycles. The van der Waals surface area contributed by atoms with Crippen LogP contribution in [0, 0.1) is 0 Å². The SMILES string of the molecule is O=P(O)(O)OC(CO)CO.[Na].[Na]. The largest absolute Gasteiger partial charge is 0.470 e. The van der Waals surface area contributed by atoms with Crippen LogP contribution in [0.25, 0.3) is 0 Å². The van der Waals surface area contributed by atoms with Gasteiger partial charge in [0.15, 0.2) is 0 Å². The second-order valence-corrected chi connectivity index (χ2v) is 2.78. The van der Waals surface area contributed by atoms with Gasteiger partial charge in [-0.2, -0.15) is 0 Å². The molecule has 0 unspecified atom stereocenters. The van der Waals surface area contributed by atoms with Crippen LogP contribution >= 0.6 is 7.82 Å². The molecule has 0 aliphatic carbocycles. The van der Waals surface area contributed by atoms with Crippen molar-refractivity contribution >= 4 is 66.9 Å². The van der Waals surface area contributed by atoms with E-state index < -0.39 is 27.1 Å². The van der Waals surface area contributed by atoms with Gasteiger partial charge in [-0.25, -0.2) is 4.57 Å². The molecule has 64 valence electrons. The molecule has 0 aromatic carbocycles. The Hall–Kier alpha value is 2.03. The Balaban J connectivity index is -0.000000405. The molecule has 0 saturated carbocycles. The molecule has 0 rings (SSSR count). The molecule has 0 bridgehead atoms. The van der Waals surface area contributed by atoms with E-state index in [1.807, 2.05) is 0 Å². The Labute approximate surface area is 114 Å². The second-order valence-electron chi connectivity index (χ2n) is 1.58. The van der Waals surface area contributed by atoms with Crippen LogP contribution in [-0.2, 0) is 9.09 Å². The third-order valence-corrected chi connectivity index (χ3v) is 1.27. The summed E-state index contributed by atoms with van der Waals surface area (Å²) in [5.74, 6) is 0. The van der Waals surface area contributed by atoms with E-state index in [1.165, 1.54) is 0 Å². The van der Waals surface area contributed by atoms with Gasteiger partial charge in [-0.3, -0.25) is 4.52 Å².